The number of carbonyl (C=O) groups is 2. The van der Waals surface area contributed by atoms with Gasteiger partial charge >= 0.3 is 0 Å². The minimum Gasteiger partial charge on any atom is -0.494 e. The Labute approximate surface area is 244 Å². The summed E-state index contributed by atoms with van der Waals surface area (Å²) in [5, 5.41) is 17.0. The standard InChI is InChI=1S/C30H26BrN5O3S/c1-2-39-24-16-12-22(13-17-24)33-28(37)19-40-30-35-34-27(36(30)23-14-10-21(31)11-15-23)18-32-29(38)26-9-5-7-20-6-3-4-8-25(20)26/h3-17H,2,18-19H2,1H3,(H,32,38)(H,33,37). The van der Waals surface area contributed by atoms with E-state index in [2.05, 4.69) is 36.8 Å². The average Bonchev–Trinajstić information content (AvgIpc) is 3.39. The number of hydrogen-bond acceptors (Lipinski definition) is 6. The Balaban J connectivity index is 1.31. The van der Waals surface area contributed by atoms with Crippen molar-refractivity contribution >= 4 is 56.0 Å². The zero-order chi connectivity index (χ0) is 27.9. The van der Waals surface area contributed by atoms with E-state index >= 15 is 0 Å². The number of benzene rings is 4. The van der Waals surface area contributed by atoms with Crippen LogP contribution in [0, 0.1) is 0 Å². The molecule has 0 fully saturated rings. The third-order valence-electron chi connectivity index (χ3n) is 6.01. The zero-order valence-electron chi connectivity index (χ0n) is 21.6. The van der Waals surface area contributed by atoms with Crippen molar-refractivity contribution in [2.24, 2.45) is 0 Å². The molecule has 1 heterocycles. The molecule has 0 bridgehead atoms. The number of carbonyl (C=O) groups excluding carboxylic acids is 2. The summed E-state index contributed by atoms with van der Waals surface area (Å²) >= 11 is 4.74. The molecule has 0 unspecified atom stereocenters. The van der Waals surface area contributed by atoms with Crippen molar-refractivity contribution in [1.82, 2.24) is 20.1 Å². The van der Waals surface area contributed by atoms with Gasteiger partial charge in [-0.1, -0.05) is 64.1 Å². The second-order valence-electron chi connectivity index (χ2n) is 8.71. The van der Waals surface area contributed by atoms with E-state index in [0.717, 1.165) is 26.7 Å². The van der Waals surface area contributed by atoms with Crippen LogP contribution in [0.15, 0.2) is 101 Å². The Hall–Kier alpha value is -4.15. The van der Waals surface area contributed by atoms with Crippen LogP contribution < -0.4 is 15.4 Å². The van der Waals surface area contributed by atoms with Gasteiger partial charge in [0.25, 0.3) is 5.91 Å². The van der Waals surface area contributed by atoms with E-state index in [0.29, 0.717) is 28.8 Å². The van der Waals surface area contributed by atoms with E-state index in [1.165, 1.54) is 11.8 Å². The van der Waals surface area contributed by atoms with Gasteiger partial charge in [-0.3, -0.25) is 14.2 Å². The summed E-state index contributed by atoms with van der Waals surface area (Å²) in [6.45, 7) is 2.66. The highest BCUT2D eigenvalue weighted by atomic mass is 79.9. The minimum absolute atomic E-state index is 0.129. The number of rotatable bonds is 10. The number of fused-ring (bicyclic) bond motifs is 1. The summed E-state index contributed by atoms with van der Waals surface area (Å²) in [5.41, 5.74) is 2.09. The second-order valence-corrected chi connectivity index (χ2v) is 10.6. The van der Waals surface area contributed by atoms with Crippen LogP contribution in [0.5, 0.6) is 5.75 Å². The number of aromatic nitrogens is 3. The average molecular weight is 617 g/mol. The van der Waals surface area contributed by atoms with Crippen LogP contribution in [-0.4, -0.2) is 38.9 Å². The van der Waals surface area contributed by atoms with E-state index in [9.17, 15) is 9.59 Å². The molecule has 40 heavy (non-hydrogen) atoms. The van der Waals surface area contributed by atoms with Gasteiger partial charge in [-0.15, -0.1) is 10.2 Å². The van der Waals surface area contributed by atoms with Gasteiger partial charge in [0.15, 0.2) is 11.0 Å². The molecule has 10 heteroatoms. The van der Waals surface area contributed by atoms with Crippen molar-refractivity contribution < 1.29 is 14.3 Å². The van der Waals surface area contributed by atoms with Crippen molar-refractivity contribution in [3.63, 3.8) is 0 Å². The van der Waals surface area contributed by atoms with Crippen LogP contribution in [-0.2, 0) is 11.3 Å². The minimum atomic E-state index is -0.203. The maximum absolute atomic E-state index is 13.1. The van der Waals surface area contributed by atoms with Crippen molar-refractivity contribution in [3.8, 4) is 11.4 Å². The summed E-state index contributed by atoms with van der Waals surface area (Å²) in [7, 11) is 0. The molecular weight excluding hydrogens is 590 g/mol. The molecule has 2 amide bonds. The van der Waals surface area contributed by atoms with Crippen LogP contribution in [0.2, 0.25) is 0 Å². The van der Waals surface area contributed by atoms with Gasteiger partial charge in [-0.25, -0.2) is 0 Å². The highest BCUT2D eigenvalue weighted by molar-refractivity contribution is 9.10. The van der Waals surface area contributed by atoms with E-state index in [1.807, 2.05) is 84.3 Å². The van der Waals surface area contributed by atoms with Crippen LogP contribution in [0.4, 0.5) is 5.69 Å². The lowest BCUT2D eigenvalue weighted by Gasteiger charge is -2.12. The van der Waals surface area contributed by atoms with E-state index in [-0.39, 0.29) is 24.1 Å². The zero-order valence-corrected chi connectivity index (χ0v) is 24.0. The van der Waals surface area contributed by atoms with Gasteiger partial charge in [0.1, 0.15) is 5.75 Å². The SMILES string of the molecule is CCOc1ccc(NC(=O)CSc2nnc(CNC(=O)c3cccc4ccccc34)n2-c2ccc(Br)cc2)cc1. The van der Waals surface area contributed by atoms with Gasteiger partial charge in [-0.05, 0) is 72.3 Å². The molecule has 0 aliphatic carbocycles. The van der Waals surface area contributed by atoms with Crippen LogP contribution in [0.25, 0.3) is 16.5 Å². The van der Waals surface area contributed by atoms with E-state index < -0.39 is 0 Å². The maximum atomic E-state index is 13.1. The van der Waals surface area contributed by atoms with Crippen molar-refractivity contribution in [3.05, 3.63) is 107 Å². The van der Waals surface area contributed by atoms with Gasteiger partial charge in [-0.2, -0.15) is 0 Å². The Kier molecular flexibility index (Phi) is 8.78. The first kappa shape index (κ1) is 27.4. The monoisotopic (exact) mass is 615 g/mol. The predicted molar refractivity (Wildman–Crippen MR) is 161 cm³/mol. The van der Waals surface area contributed by atoms with Gasteiger partial charge in [0.2, 0.25) is 5.91 Å². The highest BCUT2D eigenvalue weighted by Gasteiger charge is 2.18. The van der Waals surface area contributed by atoms with Gasteiger partial charge in [0.05, 0.1) is 18.9 Å². The molecular formula is C30H26BrN5O3S. The number of hydrogen-bond donors (Lipinski definition) is 2. The summed E-state index contributed by atoms with van der Waals surface area (Å²) < 4.78 is 8.23. The van der Waals surface area contributed by atoms with Crippen LogP contribution in [0.1, 0.15) is 23.1 Å². The first-order chi connectivity index (χ1) is 19.5. The first-order valence-electron chi connectivity index (χ1n) is 12.6. The lowest BCUT2D eigenvalue weighted by Crippen LogP contribution is -2.25. The van der Waals surface area contributed by atoms with E-state index in [4.69, 9.17) is 4.74 Å². The van der Waals surface area contributed by atoms with Gasteiger partial charge < -0.3 is 15.4 Å². The second kappa shape index (κ2) is 12.8. The Morgan fingerprint density at radius 3 is 2.45 bits per heavy atom. The highest BCUT2D eigenvalue weighted by Crippen LogP contribution is 2.25. The Morgan fingerprint density at radius 1 is 0.925 bits per heavy atom. The topological polar surface area (TPSA) is 98.1 Å². The summed E-state index contributed by atoms with van der Waals surface area (Å²) in [4.78, 5) is 25.8. The quantitative estimate of drug-likeness (QED) is 0.180. The third-order valence-corrected chi connectivity index (χ3v) is 7.47. The van der Waals surface area contributed by atoms with Crippen LogP contribution in [0.3, 0.4) is 0 Å². The van der Waals surface area contributed by atoms with Crippen LogP contribution >= 0.6 is 27.7 Å². The summed E-state index contributed by atoms with van der Waals surface area (Å²) in [6, 6.07) is 28.3. The molecule has 1 aromatic heterocycles. The molecule has 0 saturated heterocycles. The number of halogens is 1. The fraction of sp³-hybridized carbons (Fsp3) is 0.133. The molecule has 5 aromatic rings. The van der Waals surface area contributed by atoms with Crippen molar-refractivity contribution in [1.29, 1.82) is 0 Å². The number of nitrogens with zero attached hydrogens (tertiary/aromatic N) is 3. The smallest absolute Gasteiger partial charge is 0.252 e. The molecule has 0 aliphatic rings. The molecule has 202 valence electrons. The molecule has 0 radical (unpaired) electrons. The number of amides is 2. The molecule has 0 saturated carbocycles. The lowest BCUT2D eigenvalue weighted by atomic mass is 10.0. The maximum Gasteiger partial charge on any atom is 0.252 e. The third kappa shape index (κ3) is 6.52. The lowest BCUT2D eigenvalue weighted by molar-refractivity contribution is -0.113. The molecule has 0 aliphatic heterocycles. The number of anilines is 1. The van der Waals surface area contributed by atoms with Crippen molar-refractivity contribution in [2.45, 2.75) is 18.6 Å². The first-order valence-corrected chi connectivity index (χ1v) is 14.4. The molecule has 5 rings (SSSR count). The van der Waals surface area contributed by atoms with Crippen molar-refractivity contribution in [2.75, 3.05) is 17.7 Å². The number of nitrogens with one attached hydrogen (secondary N) is 2. The molecule has 2 N–H and O–H groups in total. The van der Waals surface area contributed by atoms with E-state index in [1.54, 1.807) is 18.2 Å². The molecule has 0 atom stereocenters. The summed E-state index contributed by atoms with van der Waals surface area (Å²) in [6.07, 6.45) is 0. The van der Waals surface area contributed by atoms with Gasteiger partial charge in [0, 0.05) is 21.4 Å². The number of ether oxygens (including phenoxy) is 1. The predicted octanol–water partition coefficient (Wildman–Crippen LogP) is 6.24. The molecule has 8 nitrogen and oxygen atoms in total. The fourth-order valence-electron chi connectivity index (χ4n) is 4.16. The Morgan fingerprint density at radius 2 is 1.68 bits per heavy atom. The summed E-state index contributed by atoms with van der Waals surface area (Å²) in [5.74, 6) is 1.05. The Bertz CT molecular complexity index is 1630. The number of thioether (sulfide) groups is 1. The molecule has 0 spiro atoms. The fourth-order valence-corrected chi connectivity index (χ4v) is 5.20. The largest absolute Gasteiger partial charge is 0.494 e. The molecule has 4 aromatic carbocycles. The normalized spacial score (nSPS) is 10.8.